The van der Waals surface area contributed by atoms with Crippen LogP contribution in [-0.4, -0.2) is 29.4 Å². The number of carboxylic acid groups (broad SMARTS) is 1. The first-order chi connectivity index (χ1) is 8.75. The van der Waals surface area contributed by atoms with Gasteiger partial charge in [0.15, 0.2) is 0 Å². The summed E-state index contributed by atoms with van der Waals surface area (Å²) in [6.07, 6.45) is 0.890. The van der Waals surface area contributed by atoms with E-state index in [1.54, 1.807) is 0 Å². The molecule has 0 aliphatic heterocycles. The molecule has 0 saturated heterocycles. The van der Waals surface area contributed by atoms with Gasteiger partial charge in [-0.25, -0.2) is 4.79 Å². The molecule has 0 aliphatic rings. The summed E-state index contributed by atoms with van der Waals surface area (Å²) in [5.74, 6) is -1.61. The molecule has 0 spiro atoms. The molecule has 0 aromatic heterocycles. The summed E-state index contributed by atoms with van der Waals surface area (Å²) in [4.78, 5) is 33.4. The van der Waals surface area contributed by atoms with E-state index in [-0.39, 0.29) is 24.0 Å². The van der Waals surface area contributed by atoms with Crippen LogP contribution in [0.25, 0.3) is 0 Å². The summed E-state index contributed by atoms with van der Waals surface area (Å²) in [7, 11) is 0. The Hall–Kier alpha value is -1.59. The topological polar surface area (TPSA) is 109 Å². The van der Waals surface area contributed by atoms with Crippen LogP contribution in [0.1, 0.15) is 40.0 Å². The number of carboxylic acids is 1. The van der Waals surface area contributed by atoms with Crippen molar-refractivity contribution in [1.82, 2.24) is 5.32 Å². The van der Waals surface area contributed by atoms with Crippen LogP contribution in [0.5, 0.6) is 0 Å². The number of ketones is 1. The van der Waals surface area contributed by atoms with Gasteiger partial charge in [-0.3, -0.25) is 9.59 Å². The molecule has 4 N–H and O–H groups in total. The number of carbonyl (C=O) groups is 3. The number of Topliss-reactive ketones (excluding diaryl/α,β-unsaturated/α-hetero) is 1. The predicted octanol–water partition coefficient (Wildman–Crippen LogP) is 1.39. The number of nitrogens with one attached hydrogen (secondary N) is 1. The lowest BCUT2D eigenvalue weighted by Gasteiger charge is -2.17. The van der Waals surface area contributed by atoms with Crippen molar-refractivity contribution in [3.63, 3.8) is 0 Å². The van der Waals surface area contributed by atoms with Crippen molar-refractivity contribution in [2.75, 3.05) is 6.54 Å². The monoisotopic (exact) mass is 272 g/mol. The summed E-state index contributed by atoms with van der Waals surface area (Å²) in [6, 6.07) is -0.628. The fourth-order valence-electron chi connectivity index (χ4n) is 1.67. The van der Waals surface area contributed by atoms with Gasteiger partial charge in [0.2, 0.25) is 0 Å². The number of aliphatic carboxylic acids is 1. The third kappa shape index (κ3) is 7.43. The minimum Gasteiger partial charge on any atom is -0.481 e. The molecule has 2 atom stereocenters. The van der Waals surface area contributed by atoms with Gasteiger partial charge in [0.25, 0.3) is 0 Å². The van der Waals surface area contributed by atoms with Crippen molar-refractivity contribution in [3.8, 4) is 0 Å². The average molecular weight is 272 g/mol. The molecule has 0 fully saturated rings. The van der Waals surface area contributed by atoms with Crippen LogP contribution in [-0.2, 0) is 9.59 Å². The zero-order chi connectivity index (χ0) is 15.0. The Bertz CT molecular complexity index is 329. The highest BCUT2D eigenvalue weighted by molar-refractivity contribution is 5.85. The van der Waals surface area contributed by atoms with E-state index in [1.165, 1.54) is 0 Å². The largest absolute Gasteiger partial charge is 0.481 e. The fourth-order valence-corrected chi connectivity index (χ4v) is 1.67. The molecule has 0 aromatic rings. The van der Waals surface area contributed by atoms with E-state index in [0.29, 0.717) is 19.4 Å². The predicted molar refractivity (Wildman–Crippen MR) is 71.6 cm³/mol. The van der Waals surface area contributed by atoms with Gasteiger partial charge in [-0.2, -0.15) is 0 Å². The van der Waals surface area contributed by atoms with E-state index in [2.05, 4.69) is 5.32 Å². The summed E-state index contributed by atoms with van der Waals surface area (Å²) in [5, 5.41) is 11.5. The molecule has 0 bridgehead atoms. The van der Waals surface area contributed by atoms with Crippen molar-refractivity contribution in [1.29, 1.82) is 0 Å². The minimum atomic E-state index is -0.969. The van der Waals surface area contributed by atoms with E-state index < -0.39 is 17.9 Å². The fraction of sp³-hybridized carbons (Fsp3) is 0.769. The molecule has 0 aliphatic carbocycles. The van der Waals surface area contributed by atoms with Gasteiger partial charge in [0, 0.05) is 18.9 Å². The highest BCUT2D eigenvalue weighted by Crippen LogP contribution is 2.19. The molecule has 110 valence electrons. The van der Waals surface area contributed by atoms with E-state index in [0.717, 1.165) is 0 Å². The van der Waals surface area contributed by atoms with Crippen LogP contribution >= 0.6 is 0 Å². The first kappa shape index (κ1) is 17.4. The Morgan fingerprint density at radius 3 is 2.21 bits per heavy atom. The van der Waals surface area contributed by atoms with E-state index in [9.17, 15) is 14.4 Å². The number of hydrogen-bond donors (Lipinski definition) is 3. The lowest BCUT2D eigenvalue weighted by atomic mass is 9.87. The van der Waals surface area contributed by atoms with Gasteiger partial charge in [0.05, 0.1) is 5.92 Å². The molecule has 0 rings (SSSR count). The van der Waals surface area contributed by atoms with Gasteiger partial charge < -0.3 is 16.2 Å². The van der Waals surface area contributed by atoms with Crippen molar-refractivity contribution in [2.24, 2.45) is 23.5 Å². The van der Waals surface area contributed by atoms with Gasteiger partial charge in [-0.1, -0.05) is 20.8 Å². The Kier molecular flexibility index (Phi) is 7.79. The zero-order valence-electron chi connectivity index (χ0n) is 11.8. The number of nitrogens with two attached hydrogens (primary N) is 1. The van der Waals surface area contributed by atoms with Gasteiger partial charge in [0.1, 0.15) is 5.78 Å². The van der Waals surface area contributed by atoms with Crippen LogP contribution in [0.2, 0.25) is 0 Å². The van der Waals surface area contributed by atoms with Gasteiger partial charge in [-0.15, -0.1) is 0 Å². The van der Waals surface area contributed by atoms with Crippen LogP contribution in [0.3, 0.4) is 0 Å². The summed E-state index contributed by atoms with van der Waals surface area (Å²) in [5.41, 5.74) is 4.90. The Morgan fingerprint density at radius 1 is 1.21 bits per heavy atom. The first-order valence-corrected chi connectivity index (χ1v) is 6.54. The standard InChI is InChI=1S/C13H24N2O4/c1-8(2)9(3)11(16)7-10(12(17)18)5-4-6-15-13(14)19/h8-10H,4-7H2,1-3H3,(H,17,18)(H3,14,15,19)/t9-,10+/m0/s1. The highest BCUT2D eigenvalue weighted by Gasteiger charge is 2.25. The van der Waals surface area contributed by atoms with E-state index in [1.807, 2.05) is 20.8 Å². The van der Waals surface area contributed by atoms with E-state index in [4.69, 9.17) is 10.8 Å². The Labute approximate surface area is 113 Å². The smallest absolute Gasteiger partial charge is 0.312 e. The van der Waals surface area contributed by atoms with Crippen molar-refractivity contribution >= 4 is 17.8 Å². The quantitative estimate of drug-likeness (QED) is 0.551. The third-order valence-electron chi connectivity index (χ3n) is 3.33. The Balaban J connectivity index is 4.23. The third-order valence-corrected chi connectivity index (χ3v) is 3.33. The number of hydrogen-bond acceptors (Lipinski definition) is 3. The maximum absolute atomic E-state index is 11.9. The van der Waals surface area contributed by atoms with Crippen molar-refractivity contribution < 1.29 is 19.5 Å². The molecule has 0 unspecified atom stereocenters. The van der Waals surface area contributed by atoms with Gasteiger partial charge in [-0.05, 0) is 18.8 Å². The lowest BCUT2D eigenvalue weighted by molar-refractivity contribution is -0.144. The van der Waals surface area contributed by atoms with Gasteiger partial charge >= 0.3 is 12.0 Å². The molecule has 6 heteroatoms. The zero-order valence-corrected chi connectivity index (χ0v) is 11.8. The van der Waals surface area contributed by atoms with Crippen LogP contribution in [0.15, 0.2) is 0 Å². The molecule has 0 aromatic carbocycles. The Morgan fingerprint density at radius 2 is 1.79 bits per heavy atom. The van der Waals surface area contributed by atoms with Crippen molar-refractivity contribution in [2.45, 2.75) is 40.0 Å². The number of carbonyl (C=O) groups excluding carboxylic acids is 2. The molecule has 0 saturated carbocycles. The number of amides is 2. The molecule has 2 amide bonds. The molecular weight excluding hydrogens is 248 g/mol. The maximum atomic E-state index is 11.9. The number of urea groups is 1. The second-order valence-electron chi connectivity index (χ2n) is 5.17. The van der Waals surface area contributed by atoms with Crippen LogP contribution in [0, 0.1) is 17.8 Å². The summed E-state index contributed by atoms with van der Waals surface area (Å²) in [6.45, 7) is 6.03. The number of rotatable bonds is 9. The second kappa shape index (κ2) is 8.50. The highest BCUT2D eigenvalue weighted by atomic mass is 16.4. The minimum absolute atomic E-state index is 0.0229. The maximum Gasteiger partial charge on any atom is 0.312 e. The lowest BCUT2D eigenvalue weighted by Crippen LogP contribution is -2.31. The summed E-state index contributed by atoms with van der Waals surface area (Å²) >= 11 is 0. The average Bonchev–Trinajstić information content (AvgIpc) is 2.30. The SMILES string of the molecule is CC(C)[C@H](C)C(=O)C[C@@H](CCCNC(N)=O)C(=O)O. The van der Waals surface area contributed by atoms with E-state index >= 15 is 0 Å². The number of primary amides is 1. The molecular formula is C13H24N2O4. The molecule has 0 radical (unpaired) electrons. The molecule has 19 heavy (non-hydrogen) atoms. The molecule has 0 heterocycles. The van der Waals surface area contributed by atoms with Crippen molar-refractivity contribution in [3.05, 3.63) is 0 Å². The van der Waals surface area contributed by atoms with Crippen LogP contribution < -0.4 is 11.1 Å². The summed E-state index contributed by atoms with van der Waals surface area (Å²) < 4.78 is 0. The molecule has 6 nitrogen and oxygen atoms in total. The van der Waals surface area contributed by atoms with Crippen LogP contribution in [0.4, 0.5) is 4.79 Å². The second-order valence-corrected chi connectivity index (χ2v) is 5.17. The first-order valence-electron chi connectivity index (χ1n) is 6.54. The normalized spacial score (nSPS) is 13.9.